The van der Waals surface area contributed by atoms with Gasteiger partial charge in [-0.25, -0.2) is 4.79 Å². The number of benzene rings is 1. The smallest absolute Gasteiger partial charge is 0.324 e. The predicted octanol–water partition coefficient (Wildman–Crippen LogP) is 1.09. The molecule has 1 aliphatic rings. The van der Waals surface area contributed by atoms with Gasteiger partial charge in [-0.2, -0.15) is 0 Å². The number of anilines is 1. The van der Waals surface area contributed by atoms with Gasteiger partial charge in [0.15, 0.2) is 0 Å². The Morgan fingerprint density at radius 3 is 2.81 bits per heavy atom. The lowest BCUT2D eigenvalue weighted by Gasteiger charge is -2.13. The molecule has 0 radical (unpaired) electrons. The number of carbonyl (C=O) groups excluding carboxylic acids is 2. The molecule has 2 rings (SSSR count). The van der Waals surface area contributed by atoms with E-state index in [1.54, 1.807) is 6.07 Å². The normalized spacial score (nSPS) is 15.1. The van der Waals surface area contributed by atoms with Crippen molar-refractivity contribution in [3.05, 3.63) is 28.8 Å². The molecule has 0 saturated carbocycles. The molecule has 84 valence electrons. The summed E-state index contributed by atoms with van der Waals surface area (Å²) in [4.78, 5) is 24.3. The Morgan fingerprint density at radius 2 is 2.25 bits per heavy atom. The van der Waals surface area contributed by atoms with Crippen LogP contribution in [0.3, 0.4) is 0 Å². The van der Waals surface area contributed by atoms with Crippen LogP contribution in [-0.2, 0) is 0 Å². The number of hydrogen-bond donors (Lipinski definition) is 2. The summed E-state index contributed by atoms with van der Waals surface area (Å²) in [6.07, 6.45) is 0. The van der Waals surface area contributed by atoms with Crippen LogP contribution in [0.4, 0.5) is 10.5 Å². The Kier molecular flexibility index (Phi) is 2.70. The SMILES string of the molecule is Nc1ccc(C(=O)N2CCNC2=O)c(Cl)c1. The Morgan fingerprint density at radius 1 is 1.50 bits per heavy atom. The molecule has 0 aliphatic carbocycles. The van der Waals surface area contributed by atoms with Crippen molar-refractivity contribution in [2.24, 2.45) is 0 Å². The minimum atomic E-state index is -0.403. The maximum Gasteiger partial charge on any atom is 0.324 e. The van der Waals surface area contributed by atoms with Crippen LogP contribution in [0.1, 0.15) is 10.4 Å². The maximum absolute atomic E-state index is 11.9. The average molecular weight is 240 g/mol. The standard InChI is InChI=1S/C10H10ClN3O2/c11-8-5-6(12)1-2-7(8)9(15)14-4-3-13-10(14)16/h1-2,5H,3-4,12H2,(H,13,16). The molecule has 0 atom stereocenters. The molecule has 1 heterocycles. The molecule has 5 nitrogen and oxygen atoms in total. The number of rotatable bonds is 1. The molecular weight excluding hydrogens is 230 g/mol. The zero-order valence-corrected chi connectivity index (χ0v) is 9.12. The van der Waals surface area contributed by atoms with Gasteiger partial charge in [-0.05, 0) is 18.2 Å². The summed E-state index contributed by atoms with van der Waals surface area (Å²) < 4.78 is 0. The molecule has 0 aromatic heterocycles. The van der Waals surface area contributed by atoms with Crippen molar-refractivity contribution in [3.63, 3.8) is 0 Å². The van der Waals surface area contributed by atoms with Gasteiger partial charge in [0, 0.05) is 18.8 Å². The molecule has 16 heavy (non-hydrogen) atoms. The van der Waals surface area contributed by atoms with Crippen molar-refractivity contribution in [1.29, 1.82) is 0 Å². The quantitative estimate of drug-likeness (QED) is 0.721. The van der Waals surface area contributed by atoms with Crippen LogP contribution in [0.2, 0.25) is 5.02 Å². The fraction of sp³-hybridized carbons (Fsp3) is 0.200. The van der Waals surface area contributed by atoms with Crippen LogP contribution >= 0.6 is 11.6 Å². The molecule has 0 unspecified atom stereocenters. The minimum absolute atomic E-state index is 0.254. The predicted molar refractivity (Wildman–Crippen MR) is 60.3 cm³/mol. The summed E-state index contributed by atoms with van der Waals surface area (Å²) in [5.74, 6) is -0.403. The lowest BCUT2D eigenvalue weighted by molar-refractivity contribution is 0.0829. The highest BCUT2D eigenvalue weighted by atomic mass is 35.5. The lowest BCUT2D eigenvalue weighted by atomic mass is 10.2. The third kappa shape index (κ3) is 1.81. The van der Waals surface area contributed by atoms with E-state index in [2.05, 4.69) is 5.32 Å². The van der Waals surface area contributed by atoms with E-state index < -0.39 is 11.9 Å². The third-order valence-electron chi connectivity index (χ3n) is 2.33. The summed E-state index contributed by atoms with van der Waals surface area (Å²) in [5, 5.41) is 2.80. The van der Waals surface area contributed by atoms with Gasteiger partial charge in [0.2, 0.25) is 0 Å². The molecule has 0 spiro atoms. The van der Waals surface area contributed by atoms with Gasteiger partial charge in [-0.15, -0.1) is 0 Å². The number of halogens is 1. The number of carbonyl (C=O) groups is 2. The number of amides is 3. The zero-order valence-electron chi connectivity index (χ0n) is 8.37. The van der Waals surface area contributed by atoms with Crippen LogP contribution in [-0.4, -0.2) is 29.9 Å². The molecule has 1 aromatic rings. The number of nitrogens with one attached hydrogen (secondary N) is 1. The average Bonchev–Trinajstić information content (AvgIpc) is 2.63. The van der Waals surface area contributed by atoms with E-state index in [9.17, 15) is 9.59 Å². The van der Waals surface area contributed by atoms with Crippen molar-refractivity contribution < 1.29 is 9.59 Å². The Bertz CT molecular complexity index is 461. The topological polar surface area (TPSA) is 75.4 Å². The number of hydrogen-bond acceptors (Lipinski definition) is 3. The summed E-state index contributed by atoms with van der Waals surface area (Å²) >= 11 is 5.89. The fourth-order valence-corrected chi connectivity index (χ4v) is 1.79. The lowest BCUT2D eigenvalue weighted by Crippen LogP contribution is -2.34. The monoisotopic (exact) mass is 239 g/mol. The number of imide groups is 1. The van der Waals surface area contributed by atoms with Gasteiger partial charge in [0.1, 0.15) is 0 Å². The highest BCUT2D eigenvalue weighted by molar-refractivity contribution is 6.34. The fourth-order valence-electron chi connectivity index (χ4n) is 1.52. The van der Waals surface area contributed by atoms with Gasteiger partial charge < -0.3 is 11.1 Å². The Balaban J connectivity index is 2.30. The van der Waals surface area contributed by atoms with Crippen molar-refractivity contribution in [3.8, 4) is 0 Å². The molecule has 3 amide bonds. The van der Waals surface area contributed by atoms with Crippen LogP contribution in [0, 0.1) is 0 Å². The molecule has 1 saturated heterocycles. The molecular formula is C10H10ClN3O2. The van der Waals surface area contributed by atoms with Gasteiger partial charge in [-0.1, -0.05) is 11.6 Å². The summed E-state index contributed by atoms with van der Waals surface area (Å²) in [7, 11) is 0. The van der Waals surface area contributed by atoms with Gasteiger partial charge in [-0.3, -0.25) is 9.69 Å². The highest BCUT2D eigenvalue weighted by Crippen LogP contribution is 2.21. The maximum atomic E-state index is 11.9. The van der Waals surface area contributed by atoms with Crippen molar-refractivity contribution >= 4 is 29.2 Å². The van der Waals surface area contributed by atoms with Crippen molar-refractivity contribution in [2.45, 2.75) is 0 Å². The van der Waals surface area contributed by atoms with Crippen molar-refractivity contribution in [2.75, 3.05) is 18.8 Å². The van der Waals surface area contributed by atoms with E-state index >= 15 is 0 Å². The second kappa shape index (κ2) is 4.02. The van der Waals surface area contributed by atoms with E-state index in [4.69, 9.17) is 17.3 Å². The molecule has 1 aliphatic heterocycles. The number of urea groups is 1. The summed E-state index contributed by atoms with van der Waals surface area (Å²) in [5.41, 5.74) is 6.28. The van der Waals surface area contributed by atoms with Crippen LogP contribution in [0.25, 0.3) is 0 Å². The molecule has 1 fully saturated rings. The first-order chi connectivity index (χ1) is 7.59. The van der Waals surface area contributed by atoms with Gasteiger partial charge in [0.25, 0.3) is 5.91 Å². The summed E-state index contributed by atoms with van der Waals surface area (Å²) in [6, 6.07) is 4.19. The number of nitrogens with zero attached hydrogens (tertiary/aromatic N) is 1. The zero-order chi connectivity index (χ0) is 11.7. The molecule has 6 heteroatoms. The highest BCUT2D eigenvalue weighted by Gasteiger charge is 2.28. The van der Waals surface area contributed by atoms with E-state index in [1.807, 2.05) is 0 Å². The van der Waals surface area contributed by atoms with Gasteiger partial charge >= 0.3 is 6.03 Å². The summed E-state index contributed by atoms with van der Waals surface area (Å²) in [6.45, 7) is 0.829. The van der Waals surface area contributed by atoms with Crippen LogP contribution < -0.4 is 11.1 Å². The van der Waals surface area contributed by atoms with Gasteiger partial charge in [0.05, 0.1) is 10.6 Å². The van der Waals surface area contributed by atoms with Crippen LogP contribution in [0.15, 0.2) is 18.2 Å². The molecule has 1 aromatic carbocycles. The second-order valence-corrected chi connectivity index (χ2v) is 3.84. The number of nitrogen functional groups attached to an aromatic ring is 1. The minimum Gasteiger partial charge on any atom is -0.399 e. The van der Waals surface area contributed by atoms with Crippen LogP contribution in [0.5, 0.6) is 0 Å². The van der Waals surface area contributed by atoms with E-state index in [0.29, 0.717) is 18.8 Å². The first-order valence-electron chi connectivity index (χ1n) is 4.74. The van der Waals surface area contributed by atoms with Crippen molar-refractivity contribution in [1.82, 2.24) is 10.2 Å². The van der Waals surface area contributed by atoms with E-state index in [1.165, 1.54) is 12.1 Å². The van der Waals surface area contributed by atoms with E-state index in [0.717, 1.165) is 4.90 Å². The molecule has 0 bridgehead atoms. The number of nitrogens with two attached hydrogens (primary N) is 1. The van der Waals surface area contributed by atoms with E-state index in [-0.39, 0.29) is 10.6 Å². The Labute approximate surface area is 97.2 Å². The third-order valence-corrected chi connectivity index (χ3v) is 2.64. The molecule has 3 N–H and O–H groups in total. The largest absolute Gasteiger partial charge is 0.399 e. The first kappa shape index (κ1) is 10.8. The first-order valence-corrected chi connectivity index (χ1v) is 5.12. The Hall–Kier alpha value is -1.75. The second-order valence-electron chi connectivity index (χ2n) is 3.43.